The Morgan fingerprint density at radius 3 is 2.29 bits per heavy atom. The molecule has 2 rings (SSSR count). The second-order valence-corrected chi connectivity index (χ2v) is 5.38. The molecule has 116 valence electrons. The van der Waals surface area contributed by atoms with Crippen LogP contribution in [0.15, 0.2) is 12.1 Å². The predicted molar refractivity (Wildman–Crippen MR) is 82.3 cm³/mol. The molecule has 0 aliphatic carbocycles. The lowest BCUT2D eigenvalue weighted by Gasteiger charge is -2.32. The van der Waals surface area contributed by atoms with Gasteiger partial charge in [0.05, 0.1) is 14.2 Å². The SMILES string of the molecule is CNC1CCN(C(=O)c2cc(OC)c(OC)cc2C)CC1. The van der Waals surface area contributed by atoms with E-state index in [1.54, 1.807) is 20.3 Å². The van der Waals surface area contributed by atoms with Crippen molar-refractivity contribution in [2.75, 3.05) is 34.4 Å². The monoisotopic (exact) mass is 292 g/mol. The van der Waals surface area contributed by atoms with Gasteiger partial charge in [0, 0.05) is 24.7 Å². The number of benzene rings is 1. The lowest BCUT2D eigenvalue weighted by molar-refractivity contribution is 0.0706. The zero-order chi connectivity index (χ0) is 15.4. The van der Waals surface area contributed by atoms with E-state index >= 15 is 0 Å². The van der Waals surface area contributed by atoms with Crippen molar-refractivity contribution in [1.29, 1.82) is 0 Å². The molecule has 1 fully saturated rings. The van der Waals surface area contributed by atoms with Crippen molar-refractivity contribution in [1.82, 2.24) is 10.2 Å². The Morgan fingerprint density at radius 1 is 1.19 bits per heavy atom. The van der Waals surface area contributed by atoms with Gasteiger partial charge in [0.15, 0.2) is 11.5 Å². The summed E-state index contributed by atoms with van der Waals surface area (Å²) in [7, 11) is 5.15. The van der Waals surface area contributed by atoms with Crippen LogP contribution < -0.4 is 14.8 Å². The van der Waals surface area contributed by atoms with Gasteiger partial charge in [0.1, 0.15) is 0 Å². The molecule has 1 aromatic rings. The van der Waals surface area contributed by atoms with E-state index in [-0.39, 0.29) is 5.91 Å². The molecule has 0 radical (unpaired) electrons. The van der Waals surface area contributed by atoms with Gasteiger partial charge in [-0.2, -0.15) is 0 Å². The average Bonchev–Trinajstić information content (AvgIpc) is 2.54. The van der Waals surface area contributed by atoms with Gasteiger partial charge in [-0.15, -0.1) is 0 Å². The zero-order valence-corrected chi connectivity index (χ0v) is 13.2. The van der Waals surface area contributed by atoms with Crippen molar-refractivity contribution in [3.05, 3.63) is 23.3 Å². The molecule has 0 bridgehead atoms. The number of methoxy groups -OCH3 is 2. The van der Waals surface area contributed by atoms with Crippen LogP contribution in [0.2, 0.25) is 0 Å². The molecule has 5 heteroatoms. The molecule has 5 nitrogen and oxygen atoms in total. The number of aryl methyl sites for hydroxylation is 1. The third-order valence-corrected chi connectivity index (χ3v) is 4.15. The minimum atomic E-state index is 0.0722. The molecule has 1 heterocycles. The number of hydrogen-bond donors (Lipinski definition) is 1. The van der Waals surface area contributed by atoms with Crippen molar-refractivity contribution in [3.63, 3.8) is 0 Å². The molecule has 0 spiro atoms. The first-order valence-electron chi connectivity index (χ1n) is 7.29. The molecule has 0 aromatic heterocycles. The molecule has 0 saturated carbocycles. The second-order valence-electron chi connectivity index (χ2n) is 5.38. The van der Waals surface area contributed by atoms with Crippen LogP contribution in [0, 0.1) is 6.92 Å². The van der Waals surface area contributed by atoms with Gasteiger partial charge in [-0.05, 0) is 44.5 Å². The highest BCUT2D eigenvalue weighted by molar-refractivity contribution is 5.96. The van der Waals surface area contributed by atoms with E-state index in [9.17, 15) is 4.79 Å². The summed E-state index contributed by atoms with van der Waals surface area (Å²) >= 11 is 0. The smallest absolute Gasteiger partial charge is 0.254 e. The molecule has 1 saturated heterocycles. The molecule has 0 unspecified atom stereocenters. The Bertz CT molecular complexity index is 508. The average molecular weight is 292 g/mol. The van der Waals surface area contributed by atoms with Gasteiger partial charge in [0.2, 0.25) is 0 Å². The van der Waals surface area contributed by atoms with Gasteiger partial charge >= 0.3 is 0 Å². The first kappa shape index (κ1) is 15.6. The Kier molecular flexibility index (Phi) is 5.07. The largest absolute Gasteiger partial charge is 0.493 e. The summed E-state index contributed by atoms with van der Waals surface area (Å²) in [5.74, 6) is 1.32. The number of amides is 1. The van der Waals surface area contributed by atoms with Gasteiger partial charge in [-0.25, -0.2) is 0 Å². The maximum Gasteiger partial charge on any atom is 0.254 e. The third kappa shape index (κ3) is 3.29. The third-order valence-electron chi connectivity index (χ3n) is 4.15. The molecule has 1 aromatic carbocycles. The standard InChI is InChI=1S/C16H24N2O3/c1-11-9-14(20-3)15(21-4)10-13(11)16(19)18-7-5-12(17-2)6-8-18/h9-10,12,17H,5-8H2,1-4H3. The highest BCUT2D eigenvalue weighted by Gasteiger charge is 2.24. The van der Waals surface area contributed by atoms with Gasteiger partial charge in [0.25, 0.3) is 5.91 Å². The summed E-state index contributed by atoms with van der Waals surface area (Å²) in [6.45, 7) is 3.51. The van der Waals surface area contributed by atoms with E-state index in [4.69, 9.17) is 9.47 Å². The number of nitrogens with zero attached hydrogens (tertiary/aromatic N) is 1. The minimum absolute atomic E-state index is 0.0722. The Morgan fingerprint density at radius 2 is 1.76 bits per heavy atom. The van der Waals surface area contributed by atoms with Crippen LogP contribution in [-0.4, -0.2) is 51.2 Å². The molecule has 21 heavy (non-hydrogen) atoms. The zero-order valence-electron chi connectivity index (χ0n) is 13.2. The highest BCUT2D eigenvalue weighted by Crippen LogP contribution is 2.31. The molecular weight excluding hydrogens is 268 g/mol. The van der Waals surface area contributed by atoms with Crippen LogP contribution in [0.3, 0.4) is 0 Å². The fourth-order valence-electron chi connectivity index (χ4n) is 2.75. The predicted octanol–water partition coefficient (Wildman–Crippen LogP) is 1.84. The van der Waals surface area contributed by atoms with Crippen molar-refractivity contribution in [3.8, 4) is 11.5 Å². The normalized spacial score (nSPS) is 15.9. The molecule has 0 atom stereocenters. The second kappa shape index (κ2) is 6.80. The number of rotatable bonds is 4. The summed E-state index contributed by atoms with van der Waals surface area (Å²) < 4.78 is 10.6. The topological polar surface area (TPSA) is 50.8 Å². The number of likely N-dealkylation sites (tertiary alicyclic amines) is 1. The van der Waals surface area contributed by atoms with Crippen molar-refractivity contribution in [2.24, 2.45) is 0 Å². The van der Waals surface area contributed by atoms with Gasteiger partial charge in [-0.3, -0.25) is 4.79 Å². The fourth-order valence-corrected chi connectivity index (χ4v) is 2.75. The fraction of sp³-hybridized carbons (Fsp3) is 0.562. The first-order chi connectivity index (χ1) is 10.1. The van der Waals surface area contributed by atoms with Crippen LogP contribution in [0.5, 0.6) is 11.5 Å². The van der Waals surface area contributed by atoms with Crippen LogP contribution >= 0.6 is 0 Å². The van der Waals surface area contributed by atoms with E-state index in [2.05, 4.69) is 5.32 Å². The lowest BCUT2D eigenvalue weighted by Crippen LogP contribution is -2.44. The molecule has 1 amide bonds. The Balaban J connectivity index is 2.19. The van der Waals surface area contributed by atoms with Crippen LogP contribution in [0.4, 0.5) is 0 Å². The summed E-state index contributed by atoms with van der Waals surface area (Å²) in [5.41, 5.74) is 1.60. The number of carbonyl (C=O) groups is 1. The van der Waals surface area contributed by atoms with E-state index in [1.165, 1.54) is 0 Å². The number of piperidine rings is 1. The minimum Gasteiger partial charge on any atom is -0.493 e. The highest BCUT2D eigenvalue weighted by atomic mass is 16.5. The summed E-state index contributed by atoms with van der Waals surface area (Å²) in [5, 5.41) is 3.27. The Hall–Kier alpha value is -1.75. The van der Waals surface area contributed by atoms with Crippen molar-refractivity contribution >= 4 is 5.91 Å². The molecule has 1 N–H and O–H groups in total. The quantitative estimate of drug-likeness (QED) is 0.920. The first-order valence-corrected chi connectivity index (χ1v) is 7.29. The lowest BCUT2D eigenvalue weighted by atomic mass is 10.0. The van der Waals surface area contributed by atoms with E-state index in [0.29, 0.717) is 23.1 Å². The Labute approximate surface area is 126 Å². The summed E-state index contributed by atoms with van der Waals surface area (Å²) in [6.07, 6.45) is 1.99. The van der Waals surface area contributed by atoms with Crippen molar-refractivity contribution in [2.45, 2.75) is 25.8 Å². The van der Waals surface area contributed by atoms with Crippen LogP contribution in [0.25, 0.3) is 0 Å². The van der Waals surface area contributed by atoms with Gasteiger partial charge < -0.3 is 19.7 Å². The number of hydrogen-bond acceptors (Lipinski definition) is 4. The van der Waals surface area contributed by atoms with E-state index in [1.807, 2.05) is 24.9 Å². The molecule has 1 aliphatic heterocycles. The number of nitrogens with one attached hydrogen (secondary N) is 1. The van der Waals surface area contributed by atoms with Crippen LogP contribution in [0.1, 0.15) is 28.8 Å². The van der Waals surface area contributed by atoms with E-state index < -0.39 is 0 Å². The molecule has 1 aliphatic rings. The van der Waals surface area contributed by atoms with Crippen LogP contribution in [-0.2, 0) is 0 Å². The number of carbonyl (C=O) groups excluding carboxylic acids is 1. The summed E-state index contributed by atoms with van der Waals surface area (Å²) in [6, 6.07) is 4.15. The van der Waals surface area contributed by atoms with Crippen molar-refractivity contribution < 1.29 is 14.3 Å². The van der Waals surface area contributed by atoms with E-state index in [0.717, 1.165) is 31.5 Å². The van der Waals surface area contributed by atoms with Gasteiger partial charge in [-0.1, -0.05) is 0 Å². The summed E-state index contributed by atoms with van der Waals surface area (Å²) in [4.78, 5) is 14.6. The maximum absolute atomic E-state index is 12.7. The number of ether oxygens (including phenoxy) is 2. The molecular formula is C16H24N2O3. The maximum atomic E-state index is 12.7.